The van der Waals surface area contributed by atoms with E-state index in [1.165, 1.54) is 60.7 Å². The van der Waals surface area contributed by atoms with Gasteiger partial charge in [-0.15, -0.1) is 0 Å². The fraction of sp³-hybridized carbons (Fsp3) is 0.100. The molecule has 4 rings (SSSR count). The van der Waals surface area contributed by atoms with Crippen LogP contribution in [0.25, 0.3) is 0 Å². The Morgan fingerprint density at radius 2 is 1.18 bits per heavy atom. The number of aliphatic hydroxyl groups excluding tert-OH is 1. The molecule has 0 bridgehead atoms. The third-order valence-corrected chi connectivity index (χ3v) is 6.14. The smallest absolute Gasteiger partial charge is 0.343 e. The summed E-state index contributed by atoms with van der Waals surface area (Å²) < 4.78 is 11.1. The Morgan fingerprint density at radius 1 is 0.718 bits per heavy atom. The van der Waals surface area contributed by atoms with Gasteiger partial charge in [0.25, 0.3) is 0 Å². The van der Waals surface area contributed by atoms with Gasteiger partial charge in [0.1, 0.15) is 5.92 Å². The zero-order valence-electron chi connectivity index (χ0n) is 20.6. The molecule has 9 nitrogen and oxygen atoms in total. The van der Waals surface area contributed by atoms with E-state index in [9.17, 15) is 34.2 Å². The standard InChI is InChI=1S/C30H22O9/c1-18(31)30(39-29(37)21-15-9-4-10-16-21)24(25(33)19-11-5-2-6-12-19)22(27(34)35)17-23(32)26(30)38-28(36)20-13-7-3-8-14-20/h2-17,24,32H,1H3,(H,34,35). The molecule has 0 amide bonds. The highest BCUT2D eigenvalue weighted by atomic mass is 16.6. The Balaban J connectivity index is 1.97. The number of carboxylic acids is 1. The summed E-state index contributed by atoms with van der Waals surface area (Å²) in [5, 5.41) is 20.9. The Bertz CT molecular complexity index is 1510. The highest BCUT2D eigenvalue weighted by molar-refractivity contribution is 6.12. The Labute approximate surface area is 222 Å². The molecular formula is C30H22O9. The van der Waals surface area contributed by atoms with Gasteiger partial charge in [0.15, 0.2) is 17.3 Å². The number of ketones is 2. The number of aliphatic hydroxyl groups is 1. The van der Waals surface area contributed by atoms with Crippen molar-refractivity contribution in [1.29, 1.82) is 0 Å². The van der Waals surface area contributed by atoms with Crippen molar-refractivity contribution in [2.75, 3.05) is 0 Å². The van der Waals surface area contributed by atoms with Crippen molar-refractivity contribution in [3.63, 3.8) is 0 Å². The average molecular weight is 526 g/mol. The van der Waals surface area contributed by atoms with E-state index in [0.29, 0.717) is 6.08 Å². The Hall–Kier alpha value is -5.31. The minimum absolute atomic E-state index is 0.00818. The van der Waals surface area contributed by atoms with E-state index in [1.54, 1.807) is 30.3 Å². The number of benzene rings is 3. The molecule has 2 N–H and O–H groups in total. The number of aliphatic carboxylic acids is 1. The normalized spacial score (nSPS) is 18.5. The molecule has 0 aliphatic heterocycles. The minimum atomic E-state index is -2.85. The van der Waals surface area contributed by atoms with Crippen LogP contribution in [0.2, 0.25) is 0 Å². The van der Waals surface area contributed by atoms with Crippen LogP contribution in [0, 0.1) is 5.92 Å². The van der Waals surface area contributed by atoms with Crippen LogP contribution >= 0.6 is 0 Å². The average Bonchev–Trinajstić information content (AvgIpc) is 2.95. The highest BCUT2D eigenvalue weighted by Gasteiger charge is 2.61. The van der Waals surface area contributed by atoms with Gasteiger partial charge in [0.2, 0.25) is 11.4 Å². The maximum Gasteiger partial charge on any atom is 0.343 e. The van der Waals surface area contributed by atoms with E-state index in [0.717, 1.165) is 6.92 Å². The maximum absolute atomic E-state index is 13.9. The number of hydrogen-bond acceptors (Lipinski definition) is 8. The first-order valence-corrected chi connectivity index (χ1v) is 11.7. The lowest BCUT2D eigenvalue weighted by atomic mass is 9.70. The number of allylic oxidation sites excluding steroid dienone is 1. The zero-order valence-corrected chi connectivity index (χ0v) is 20.6. The fourth-order valence-electron chi connectivity index (χ4n) is 4.29. The minimum Gasteiger partial charge on any atom is -0.504 e. The van der Waals surface area contributed by atoms with E-state index >= 15 is 0 Å². The first-order chi connectivity index (χ1) is 18.7. The van der Waals surface area contributed by atoms with Crippen molar-refractivity contribution in [2.24, 2.45) is 5.92 Å². The quantitative estimate of drug-likeness (QED) is 0.324. The summed E-state index contributed by atoms with van der Waals surface area (Å²) in [5.41, 5.74) is -3.62. The van der Waals surface area contributed by atoms with E-state index in [4.69, 9.17) is 9.47 Å². The van der Waals surface area contributed by atoms with Gasteiger partial charge in [0.05, 0.1) is 16.7 Å². The lowest BCUT2D eigenvalue weighted by Crippen LogP contribution is -2.57. The first-order valence-electron chi connectivity index (χ1n) is 11.7. The van der Waals surface area contributed by atoms with Crippen LogP contribution in [-0.2, 0) is 19.1 Å². The van der Waals surface area contributed by atoms with Crippen molar-refractivity contribution < 1.29 is 43.7 Å². The maximum atomic E-state index is 13.9. The number of carbonyl (C=O) groups is 5. The SMILES string of the molecule is CC(=O)C1(OC(=O)c2ccccc2)C(OC(=O)c2ccccc2)=C(O)C=C(C(=O)O)C1C(=O)c1ccccc1. The molecule has 0 fully saturated rings. The lowest BCUT2D eigenvalue weighted by Gasteiger charge is -2.40. The van der Waals surface area contributed by atoms with Crippen molar-refractivity contribution in [3.05, 3.63) is 131 Å². The third kappa shape index (κ3) is 5.10. The third-order valence-electron chi connectivity index (χ3n) is 6.14. The van der Waals surface area contributed by atoms with Crippen molar-refractivity contribution >= 4 is 29.5 Å². The summed E-state index contributed by atoms with van der Waals surface area (Å²) in [6.45, 7) is 0.942. The number of ether oxygens (including phenoxy) is 2. The number of esters is 2. The van der Waals surface area contributed by atoms with Gasteiger partial charge in [-0.1, -0.05) is 66.7 Å². The van der Waals surface area contributed by atoms with Crippen molar-refractivity contribution in [2.45, 2.75) is 12.5 Å². The number of Topliss-reactive ketones (excluding diaryl/α,β-unsaturated/α-hetero) is 2. The van der Waals surface area contributed by atoms with Crippen LogP contribution in [0.1, 0.15) is 38.0 Å². The van der Waals surface area contributed by atoms with Gasteiger partial charge in [-0.2, -0.15) is 0 Å². The van der Waals surface area contributed by atoms with Crippen LogP contribution in [0.15, 0.2) is 114 Å². The molecule has 196 valence electrons. The number of hydrogen-bond donors (Lipinski definition) is 2. The van der Waals surface area contributed by atoms with E-state index in [-0.39, 0.29) is 16.7 Å². The summed E-state index contributed by atoms with van der Waals surface area (Å²) >= 11 is 0. The topological polar surface area (TPSA) is 144 Å². The predicted molar refractivity (Wildman–Crippen MR) is 137 cm³/mol. The summed E-state index contributed by atoms with van der Waals surface area (Å²) in [6, 6.07) is 22.4. The highest BCUT2D eigenvalue weighted by Crippen LogP contribution is 2.45. The molecule has 0 radical (unpaired) electrons. The van der Waals surface area contributed by atoms with Gasteiger partial charge in [-0.05, 0) is 37.3 Å². The summed E-state index contributed by atoms with van der Waals surface area (Å²) in [6.07, 6.45) is 0.707. The van der Waals surface area contributed by atoms with Gasteiger partial charge >= 0.3 is 17.9 Å². The molecule has 3 aromatic rings. The molecule has 2 atom stereocenters. The molecule has 0 spiro atoms. The first kappa shape index (κ1) is 26.7. The Kier molecular flexibility index (Phi) is 7.53. The zero-order chi connectivity index (χ0) is 28.2. The van der Waals surface area contributed by atoms with Crippen molar-refractivity contribution in [3.8, 4) is 0 Å². The number of carboxylic acid groups (broad SMARTS) is 1. The fourth-order valence-corrected chi connectivity index (χ4v) is 4.29. The van der Waals surface area contributed by atoms with E-state index in [1.807, 2.05) is 0 Å². The monoisotopic (exact) mass is 526 g/mol. The van der Waals surface area contributed by atoms with Crippen LogP contribution < -0.4 is 0 Å². The molecule has 1 aliphatic carbocycles. The van der Waals surface area contributed by atoms with Gasteiger partial charge in [0, 0.05) is 5.56 Å². The van der Waals surface area contributed by atoms with Gasteiger partial charge in [-0.3, -0.25) is 9.59 Å². The predicted octanol–water partition coefficient (Wildman–Crippen LogP) is 4.32. The van der Waals surface area contributed by atoms with Crippen LogP contribution in [0.5, 0.6) is 0 Å². The molecule has 3 aromatic carbocycles. The summed E-state index contributed by atoms with van der Waals surface area (Å²) in [5.74, 6) is -9.67. The Morgan fingerprint density at radius 3 is 1.64 bits per heavy atom. The van der Waals surface area contributed by atoms with E-state index < -0.39 is 58.1 Å². The lowest BCUT2D eigenvalue weighted by molar-refractivity contribution is -0.142. The van der Waals surface area contributed by atoms with Gasteiger partial charge in [-0.25, -0.2) is 14.4 Å². The summed E-state index contributed by atoms with van der Waals surface area (Å²) in [7, 11) is 0. The second kappa shape index (κ2) is 11.0. The number of carbonyl (C=O) groups excluding carboxylic acids is 4. The largest absolute Gasteiger partial charge is 0.504 e. The van der Waals surface area contributed by atoms with Crippen LogP contribution in [0.3, 0.4) is 0 Å². The van der Waals surface area contributed by atoms with Crippen LogP contribution in [-0.4, -0.2) is 45.3 Å². The molecule has 9 heteroatoms. The molecular weight excluding hydrogens is 504 g/mol. The number of rotatable bonds is 8. The molecule has 0 saturated carbocycles. The van der Waals surface area contributed by atoms with Crippen LogP contribution in [0.4, 0.5) is 0 Å². The van der Waals surface area contributed by atoms with E-state index in [2.05, 4.69) is 0 Å². The molecule has 0 aromatic heterocycles. The molecule has 0 heterocycles. The molecule has 1 aliphatic rings. The second-order valence-electron chi connectivity index (χ2n) is 8.59. The molecule has 39 heavy (non-hydrogen) atoms. The molecule has 0 saturated heterocycles. The summed E-state index contributed by atoms with van der Waals surface area (Å²) in [4.78, 5) is 66.1. The molecule has 2 unspecified atom stereocenters. The van der Waals surface area contributed by atoms with Gasteiger partial charge < -0.3 is 19.7 Å². The van der Waals surface area contributed by atoms with Crippen molar-refractivity contribution in [1.82, 2.24) is 0 Å². The second-order valence-corrected chi connectivity index (χ2v) is 8.59.